The summed E-state index contributed by atoms with van der Waals surface area (Å²) in [6.07, 6.45) is 3.58. The van der Waals surface area contributed by atoms with E-state index in [1.165, 1.54) is 6.92 Å². The molecule has 0 unspecified atom stereocenters. The van der Waals surface area contributed by atoms with Gasteiger partial charge in [0, 0.05) is 35.8 Å². The number of ether oxygens (including phenoxy) is 1. The lowest BCUT2D eigenvalue weighted by atomic mass is 10.0. The van der Waals surface area contributed by atoms with Gasteiger partial charge in [0.15, 0.2) is 5.65 Å². The predicted molar refractivity (Wildman–Crippen MR) is 123 cm³/mol. The highest BCUT2D eigenvalue weighted by Gasteiger charge is 2.20. The van der Waals surface area contributed by atoms with Crippen molar-refractivity contribution in [2.45, 2.75) is 20.8 Å². The van der Waals surface area contributed by atoms with E-state index in [0.29, 0.717) is 17.2 Å². The van der Waals surface area contributed by atoms with Crippen LogP contribution in [-0.2, 0) is 9.63 Å². The van der Waals surface area contributed by atoms with Gasteiger partial charge in [-0.1, -0.05) is 5.16 Å². The van der Waals surface area contributed by atoms with E-state index < -0.39 is 5.97 Å². The molecule has 3 heterocycles. The summed E-state index contributed by atoms with van der Waals surface area (Å²) in [5.41, 5.74) is 10.1. The maximum atomic E-state index is 11.9. The van der Waals surface area contributed by atoms with Crippen LogP contribution in [0.15, 0.2) is 47.9 Å². The van der Waals surface area contributed by atoms with Gasteiger partial charge >= 0.3 is 5.97 Å². The number of fused-ring (bicyclic) bond motifs is 1. The van der Waals surface area contributed by atoms with Crippen LogP contribution in [0.1, 0.15) is 18.3 Å². The number of benzene rings is 1. The minimum Gasteiger partial charge on any atom is -0.496 e. The number of aryl methyl sites for hydroxylation is 2. The first-order chi connectivity index (χ1) is 15.9. The average molecular weight is 448 g/mol. The molecule has 170 valence electrons. The monoisotopic (exact) mass is 448 g/mol. The average Bonchev–Trinajstić information content (AvgIpc) is 3.43. The summed E-state index contributed by atoms with van der Waals surface area (Å²) in [4.78, 5) is 21.4. The Hall–Kier alpha value is -4.41. The van der Waals surface area contributed by atoms with E-state index in [-0.39, 0.29) is 12.4 Å². The minimum atomic E-state index is -0.581. The summed E-state index contributed by atoms with van der Waals surface area (Å²) in [5.74, 6) is 0.828. The Morgan fingerprint density at radius 1 is 1.27 bits per heavy atom. The van der Waals surface area contributed by atoms with E-state index in [1.807, 2.05) is 44.3 Å². The molecule has 3 aromatic heterocycles. The van der Waals surface area contributed by atoms with E-state index >= 15 is 0 Å². The third-order valence-corrected chi connectivity index (χ3v) is 4.82. The smallest absolute Gasteiger partial charge is 0.353 e. The van der Waals surface area contributed by atoms with Gasteiger partial charge < -0.3 is 20.6 Å². The van der Waals surface area contributed by atoms with Crippen LogP contribution in [0.25, 0.3) is 22.5 Å². The molecule has 0 atom stereocenters. The van der Waals surface area contributed by atoms with Crippen LogP contribution in [0.5, 0.6) is 5.75 Å². The van der Waals surface area contributed by atoms with Crippen molar-refractivity contribution in [3.8, 4) is 22.6 Å². The van der Waals surface area contributed by atoms with Crippen LogP contribution in [-0.4, -0.2) is 49.8 Å². The summed E-state index contributed by atoms with van der Waals surface area (Å²) in [6, 6.07) is 9.48. The molecular weight excluding hydrogens is 424 g/mol. The van der Waals surface area contributed by atoms with E-state index in [1.54, 1.807) is 28.6 Å². The second-order valence-electron chi connectivity index (χ2n) is 7.36. The molecule has 11 nitrogen and oxygen atoms in total. The Morgan fingerprint density at radius 3 is 2.79 bits per heavy atom. The van der Waals surface area contributed by atoms with Gasteiger partial charge in [-0.3, -0.25) is 0 Å². The Bertz CT molecular complexity index is 1340. The first-order valence-electron chi connectivity index (χ1n) is 10.2. The maximum absolute atomic E-state index is 11.9. The highest BCUT2D eigenvalue weighted by atomic mass is 16.7. The second-order valence-corrected chi connectivity index (χ2v) is 7.36. The van der Waals surface area contributed by atoms with Crippen LogP contribution in [0.2, 0.25) is 0 Å². The van der Waals surface area contributed by atoms with Crippen molar-refractivity contribution in [3.05, 3.63) is 54.1 Å². The molecule has 0 bridgehead atoms. The van der Waals surface area contributed by atoms with Crippen molar-refractivity contribution in [2.24, 2.45) is 10.9 Å². The zero-order chi connectivity index (χ0) is 23.5. The second kappa shape index (κ2) is 8.99. The van der Waals surface area contributed by atoms with Crippen molar-refractivity contribution >= 4 is 23.3 Å². The maximum Gasteiger partial charge on any atom is 0.353 e. The van der Waals surface area contributed by atoms with Crippen molar-refractivity contribution < 1.29 is 14.4 Å². The minimum absolute atomic E-state index is 0.120. The molecule has 0 aliphatic rings. The first kappa shape index (κ1) is 21.8. The van der Waals surface area contributed by atoms with Gasteiger partial charge in [-0.25, -0.2) is 14.5 Å². The number of anilines is 1. The zero-order valence-corrected chi connectivity index (χ0v) is 18.7. The standard InChI is InChI=1S/C22H24N8O3/c1-13-10-19(24-12-20(31)33-28-15(3)23)30-22(26-13)21(14(2)27-30)17-7-6-16(11-18(17)32-4)29-9-5-8-25-29/h5-11,24H,12H2,1-4H3,(H2,23,28). The number of hydrogen-bond acceptors (Lipinski definition) is 8. The van der Waals surface area contributed by atoms with Gasteiger partial charge in [0.2, 0.25) is 0 Å². The molecule has 0 spiro atoms. The molecule has 1 aromatic carbocycles. The van der Waals surface area contributed by atoms with Crippen molar-refractivity contribution in [2.75, 3.05) is 19.0 Å². The summed E-state index contributed by atoms with van der Waals surface area (Å²) < 4.78 is 9.11. The molecule has 0 aliphatic carbocycles. The largest absolute Gasteiger partial charge is 0.496 e. The Labute approximate surface area is 189 Å². The summed E-state index contributed by atoms with van der Waals surface area (Å²) >= 11 is 0. The lowest BCUT2D eigenvalue weighted by molar-refractivity contribution is -0.141. The van der Waals surface area contributed by atoms with Crippen LogP contribution >= 0.6 is 0 Å². The van der Waals surface area contributed by atoms with Gasteiger partial charge in [-0.15, -0.1) is 0 Å². The lowest BCUT2D eigenvalue weighted by Gasteiger charge is -2.12. The molecule has 4 rings (SSSR count). The topological polar surface area (TPSA) is 134 Å². The van der Waals surface area contributed by atoms with Crippen LogP contribution in [0.4, 0.5) is 5.82 Å². The number of hydrogen-bond donors (Lipinski definition) is 2. The number of carbonyl (C=O) groups is 1. The number of nitrogens with two attached hydrogens (primary N) is 1. The highest BCUT2D eigenvalue weighted by molar-refractivity contribution is 5.85. The van der Waals surface area contributed by atoms with Crippen molar-refractivity contribution in [1.82, 2.24) is 24.4 Å². The third-order valence-electron chi connectivity index (χ3n) is 4.82. The number of carbonyl (C=O) groups excluding carboxylic acids is 1. The van der Waals surface area contributed by atoms with Crippen LogP contribution < -0.4 is 15.8 Å². The number of oxime groups is 1. The van der Waals surface area contributed by atoms with E-state index in [0.717, 1.165) is 28.2 Å². The number of amidine groups is 1. The molecule has 0 saturated carbocycles. The Morgan fingerprint density at radius 2 is 2.09 bits per heavy atom. The lowest BCUT2D eigenvalue weighted by Crippen LogP contribution is -2.18. The summed E-state index contributed by atoms with van der Waals surface area (Å²) in [7, 11) is 1.62. The molecule has 0 radical (unpaired) electrons. The SMILES string of the molecule is COc1cc(-n2cccn2)ccc1-c1c(C)nn2c(NCC(=O)O/N=C(\C)N)cc(C)nc12. The summed E-state index contributed by atoms with van der Waals surface area (Å²) in [6.45, 7) is 5.18. The van der Waals surface area contributed by atoms with Crippen LogP contribution in [0, 0.1) is 13.8 Å². The fraction of sp³-hybridized carbons (Fsp3) is 0.227. The van der Waals surface area contributed by atoms with Gasteiger partial charge in [-0.2, -0.15) is 14.7 Å². The molecule has 0 amide bonds. The molecule has 3 N–H and O–H groups in total. The fourth-order valence-corrected chi connectivity index (χ4v) is 3.45. The van der Waals surface area contributed by atoms with Crippen molar-refractivity contribution in [1.29, 1.82) is 0 Å². The third kappa shape index (κ3) is 4.47. The molecule has 0 saturated heterocycles. The van der Waals surface area contributed by atoms with Gasteiger partial charge in [-0.05, 0) is 39.0 Å². The number of aromatic nitrogens is 5. The normalized spacial score (nSPS) is 11.6. The number of rotatable bonds is 7. The highest BCUT2D eigenvalue weighted by Crippen LogP contribution is 2.36. The number of nitrogens with one attached hydrogen (secondary N) is 1. The van der Waals surface area contributed by atoms with E-state index in [9.17, 15) is 4.79 Å². The van der Waals surface area contributed by atoms with E-state index in [4.69, 9.17) is 20.3 Å². The molecular formula is C22H24N8O3. The zero-order valence-electron chi connectivity index (χ0n) is 18.7. The molecule has 0 fully saturated rings. The Kier molecular flexibility index (Phi) is 5.94. The van der Waals surface area contributed by atoms with Gasteiger partial charge in [0.1, 0.15) is 23.9 Å². The van der Waals surface area contributed by atoms with Crippen LogP contribution in [0.3, 0.4) is 0 Å². The Balaban J connectivity index is 1.73. The van der Waals surface area contributed by atoms with Crippen molar-refractivity contribution in [3.63, 3.8) is 0 Å². The quantitative estimate of drug-likeness (QED) is 0.191. The van der Waals surface area contributed by atoms with Gasteiger partial charge in [0.05, 0.1) is 24.1 Å². The molecule has 11 heteroatoms. The number of nitrogens with zero attached hydrogens (tertiary/aromatic N) is 6. The fourth-order valence-electron chi connectivity index (χ4n) is 3.45. The van der Waals surface area contributed by atoms with E-state index in [2.05, 4.69) is 20.7 Å². The first-order valence-corrected chi connectivity index (χ1v) is 10.2. The molecule has 0 aliphatic heterocycles. The molecule has 33 heavy (non-hydrogen) atoms. The summed E-state index contributed by atoms with van der Waals surface area (Å²) in [5, 5.41) is 15.4. The predicted octanol–water partition coefficient (Wildman–Crippen LogP) is 2.45. The van der Waals surface area contributed by atoms with Gasteiger partial charge in [0.25, 0.3) is 0 Å². The molecule has 4 aromatic rings. The number of methoxy groups -OCH3 is 1.